The van der Waals surface area contributed by atoms with E-state index >= 15 is 0 Å². The molecule has 0 radical (unpaired) electrons. The molecule has 1 aliphatic heterocycles. The Morgan fingerprint density at radius 1 is 1.33 bits per heavy atom. The van der Waals surface area contributed by atoms with Gasteiger partial charge in [-0.2, -0.15) is 0 Å². The quantitative estimate of drug-likeness (QED) is 0.839. The van der Waals surface area contributed by atoms with Gasteiger partial charge >= 0.3 is 0 Å². The standard InChI is InChI=1S/C17H27NO3/c1-12(18-13(2)15-7-8-21-11-15)14-5-6-17(20-4)16(9-14)10-19-3/h5-6,9,12-13,15,18H,7-8,10-11H2,1-4H3. The van der Waals surface area contributed by atoms with Crippen LogP contribution in [-0.4, -0.2) is 33.5 Å². The Hall–Kier alpha value is -1.10. The van der Waals surface area contributed by atoms with Gasteiger partial charge in [0.2, 0.25) is 0 Å². The lowest BCUT2D eigenvalue weighted by atomic mass is 9.98. The number of methoxy groups -OCH3 is 2. The van der Waals surface area contributed by atoms with Crippen molar-refractivity contribution >= 4 is 0 Å². The first-order valence-corrected chi connectivity index (χ1v) is 7.65. The van der Waals surface area contributed by atoms with Crippen LogP contribution in [0.25, 0.3) is 0 Å². The summed E-state index contributed by atoms with van der Waals surface area (Å²) in [5, 5.41) is 3.68. The van der Waals surface area contributed by atoms with E-state index in [0.29, 0.717) is 24.6 Å². The summed E-state index contributed by atoms with van der Waals surface area (Å²) in [6.07, 6.45) is 1.15. The third kappa shape index (κ3) is 4.19. The van der Waals surface area contributed by atoms with Gasteiger partial charge in [-0.25, -0.2) is 0 Å². The van der Waals surface area contributed by atoms with Crippen LogP contribution in [0.15, 0.2) is 18.2 Å². The number of nitrogens with one attached hydrogen (secondary N) is 1. The van der Waals surface area contributed by atoms with Crippen LogP contribution in [0.3, 0.4) is 0 Å². The van der Waals surface area contributed by atoms with E-state index in [1.54, 1.807) is 14.2 Å². The second-order valence-electron chi connectivity index (χ2n) is 5.80. The molecule has 0 amide bonds. The highest BCUT2D eigenvalue weighted by atomic mass is 16.5. The molecule has 3 atom stereocenters. The Balaban J connectivity index is 2.03. The van der Waals surface area contributed by atoms with Crippen molar-refractivity contribution in [2.24, 2.45) is 5.92 Å². The fraction of sp³-hybridized carbons (Fsp3) is 0.647. The van der Waals surface area contributed by atoms with E-state index in [-0.39, 0.29) is 0 Å². The van der Waals surface area contributed by atoms with Gasteiger partial charge in [0.15, 0.2) is 0 Å². The topological polar surface area (TPSA) is 39.7 Å². The average molecular weight is 293 g/mol. The fourth-order valence-electron chi connectivity index (χ4n) is 2.91. The summed E-state index contributed by atoms with van der Waals surface area (Å²) in [6, 6.07) is 7.05. The molecule has 3 unspecified atom stereocenters. The summed E-state index contributed by atoms with van der Waals surface area (Å²) in [6.45, 7) is 6.78. The van der Waals surface area contributed by atoms with Crippen molar-refractivity contribution < 1.29 is 14.2 Å². The number of rotatable bonds is 7. The van der Waals surface area contributed by atoms with E-state index in [0.717, 1.165) is 30.9 Å². The van der Waals surface area contributed by atoms with Crippen LogP contribution in [0.1, 0.15) is 37.4 Å². The predicted molar refractivity (Wildman–Crippen MR) is 83.6 cm³/mol. The first kappa shape index (κ1) is 16.3. The van der Waals surface area contributed by atoms with Gasteiger partial charge in [0, 0.05) is 31.4 Å². The average Bonchev–Trinajstić information content (AvgIpc) is 3.01. The van der Waals surface area contributed by atoms with Gasteiger partial charge in [0.1, 0.15) is 5.75 Å². The lowest BCUT2D eigenvalue weighted by Crippen LogP contribution is -2.35. The Morgan fingerprint density at radius 2 is 2.14 bits per heavy atom. The highest BCUT2D eigenvalue weighted by Crippen LogP contribution is 2.25. The van der Waals surface area contributed by atoms with Crippen LogP contribution in [-0.2, 0) is 16.1 Å². The highest BCUT2D eigenvalue weighted by Gasteiger charge is 2.23. The fourth-order valence-corrected chi connectivity index (χ4v) is 2.91. The maximum absolute atomic E-state index is 5.47. The van der Waals surface area contributed by atoms with Gasteiger partial charge in [-0.15, -0.1) is 0 Å². The first-order chi connectivity index (χ1) is 10.2. The van der Waals surface area contributed by atoms with Crippen molar-refractivity contribution in [1.82, 2.24) is 5.32 Å². The van der Waals surface area contributed by atoms with E-state index in [1.165, 1.54) is 5.56 Å². The zero-order chi connectivity index (χ0) is 15.2. The summed E-state index contributed by atoms with van der Waals surface area (Å²) >= 11 is 0. The highest BCUT2D eigenvalue weighted by molar-refractivity contribution is 5.38. The van der Waals surface area contributed by atoms with Crippen LogP contribution in [0.4, 0.5) is 0 Å². The number of benzene rings is 1. The van der Waals surface area contributed by atoms with Crippen molar-refractivity contribution in [1.29, 1.82) is 0 Å². The van der Waals surface area contributed by atoms with Gasteiger partial charge in [0.05, 0.1) is 20.3 Å². The molecule has 2 rings (SSSR count). The molecule has 4 nitrogen and oxygen atoms in total. The molecule has 1 aromatic rings. The Labute approximate surface area is 127 Å². The second kappa shape index (κ2) is 7.78. The van der Waals surface area contributed by atoms with Gasteiger partial charge in [-0.3, -0.25) is 0 Å². The van der Waals surface area contributed by atoms with Crippen molar-refractivity contribution in [3.05, 3.63) is 29.3 Å². The van der Waals surface area contributed by atoms with Crippen LogP contribution in [0.2, 0.25) is 0 Å². The SMILES string of the molecule is COCc1cc(C(C)NC(C)C2CCOC2)ccc1OC. The van der Waals surface area contributed by atoms with Crippen LogP contribution in [0.5, 0.6) is 5.75 Å². The summed E-state index contributed by atoms with van der Waals surface area (Å²) in [5.41, 5.74) is 2.34. The maximum atomic E-state index is 5.47. The Morgan fingerprint density at radius 3 is 2.76 bits per heavy atom. The first-order valence-electron chi connectivity index (χ1n) is 7.65. The van der Waals surface area contributed by atoms with Crippen molar-refractivity contribution in [3.8, 4) is 5.75 Å². The summed E-state index contributed by atoms with van der Waals surface area (Å²) in [4.78, 5) is 0. The van der Waals surface area contributed by atoms with E-state index in [9.17, 15) is 0 Å². The van der Waals surface area contributed by atoms with Crippen molar-refractivity contribution in [3.63, 3.8) is 0 Å². The molecule has 118 valence electrons. The molecule has 4 heteroatoms. The lowest BCUT2D eigenvalue weighted by molar-refractivity contribution is 0.177. The molecule has 0 bridgehead atoms. The molecule has 0 aromatic heterocycles. The predicted octanol–water partition coefficient (Wildman–Crippen LogP) is 2.92. The summed E-state index contributed by atoms with van der Waals surface area (Å²) in [5.74, 6) is 1.49. The maximum Gasteiger partial charge on any atom is 0.124 e. The monoisotopic (exact) mass is 293 g/mol. The molecule has 0 aliphatic carbocycles. The molecule has 1 aliphatic rings. The van der Waals surface area contributed by atoms with Crippen molar-refractivity contribution in [2.75, 3.05) is 27.4 Å². The Kier molecular flexibility index (Phi) is 6.03. The normalized spacial score (nSPS) is 21.2. The molecule has 1 saturated heterocycles. The third-order valence-electron chi connectivity index (χ3n) is 4.29. The number of ether oxygens (including phenoxy) is 3. The van der Waals surface area contributed by atoms with E-state index in [1.807, 2.05) is 6.07 Å². The molecule has 1 fully saturated rings. The van der Waals surface area contributed by atoms with Crippen LogP contribution in [0, 0.1) is 5.92 Å². The smallest absolute Gasteiger partial charge is 0.124 e. The van der Waals surface area contributed by atoms with Crippen LogP contribution < -0.4 is 10.1 Å². The number of hydrogen-bond donors (Lipinski definition) is 1. The minimum absolute atomic E-state index is 0.294. The summed E-state index contributed by atoms with van der Waals surface area (Å²) < 4.78 is 16.1. The molecule has 0 spiro atoms. The molecule has 1 aromatic carbocycles. The van der Waals surface area contributed by atoms with E-state index in [2.05, 4.69) is 31.3 Å². The van der Waals surface area contributed by atoms with Crippen LogP contribution >= 0.6 is 0 Å². The summed E-state index contributed by atoms with van der Waals surface area (Å²) in [7, 11) is 3.40. The molecular weight excluding hydrogens is 266 g/mol. The largest absolute Gasteiger partial charge is 0.496 e. The number of hydrogen-bond acceptors (Lipinski definition) is 4. The zero-order valence-corrected chi connectivity index (χ0v) is 13.5. The van der Waals surface area contributed by atoms with E-state index in [4.69, 9.17) is 14.2 Å². The Bertz CT molecular complexity index is 444. The molecule has 0 saturated carbocycles. The molecule has 1 N–H and O–H groups in total. The molecular formula is C17H27NO3. The third-order valence-corrected chi connectivity index (χ3v) is 4.29. The minimum atomic E-state index is 0.294. The molecule has 1 heterocycles. The lowest BCUT2D eigenvalue weighted by Gasteiger charge is -2.25. The zero-order valence-electron chi connectivity index (χ0n) is 13.5. The van der Waals surface area contributed by atoms with Crippen molar-refractivity contribution in [2.45, 2.75) is 39.0 Å². The minimum Gasteiger partial charge on any atom is -0.496 e. The van der Waals surface area contributed by atoms with Gasteiger partial charge in [-0.1, -0.05) is 6.07 Å². The van der Waals surface area contributed by atoms with Gasteiger partial charge < -0.3 is 19.5 Å². The molecule has 21 heavy (non-hydrogen) atoms. The second-order valence-corrected chi connectivity index (χ2v) is 5.80. The van der Waals surface area contributed by atoms with Gasteiger partial charge in [0.25, 0.3) is 0 Å². The van der Waals surface area contributed by atoms with E-state index < -0.39 is 0 Å². The van der Waals surface area contributed by atoms with Gasteiger partial charge in [-0.05, 0) is 43.9 Å².